The largest absolute Gasteiger partial charge is 0.494 e. The predicted octanol–water partition coefficient (Wildman–Crippen LogP) is 2.30. The van der Waals surface area contributed by atoms with Crippen LogP contribution in [0.1, 0.15) is 16.1 Å². The fourth-order valence-electron chi connectivity index (χ4n) is 1.66. The summed E-state index contributed by atoms with van der Waals surface area (Å²) in [5, 5.41) is 16.3. The van der Waals surface area contributed by atoms with Gasteiger partial charge in [-0.3, -0.25) is 0 Å². The lowest BCUT2D eigenvalue weighted by Gasteiger charge is -2.06. The van der Waals surface area contributed by atoms with Crippen molar-refractivity contribution in [1.29, 1.82) is 0 Å². The molecule has 2 aromatic rings. The minimum Gasteiger partial charge on any atom is -0.494 e. The van der Waals surface area contributed by atoms with E-state index in [1.54, 1.807) is 19.1 Å². The second kappa shape index (κ2) is 5.01. The van der Waals surface area contributed by atoms with Crippen LogP contribution in [0.15, 0.2) is 24.3 Å². The summed E-state index contributed by atoms with van der Waals surface area (Å²) in [4.78, 5) is 10.8. The summed E-state index contributed by atoms with van der Waals surface area (Å²) in [5.41, 5.74) is 1.27. The highest BCUT2D eigenvalue weighted by molar-refractivity contribution is 5.87. The Morgan fingerprint density at radius 1 is 1.32 bits per heavy atom. The molecule has 1 aromatic carbocycles. The number of rotatable bonds is 3. The zero-order chi connectivity index (χ0) is 14.0. The third kappa shape index (κ3) is 2.52. The van der Waals surface area contributed by atoms with Crippen molar-refractivity contribution in [2.24, 2.45) is 0 Å². The van der Waals surface area contributed by atoms with Crippen molar-refractivity contribution in [2.45, 2.75) is 6.92 Å². The number of aromatic nitrogens is 2. The molecule has 19 heavy (non-hydrogen) atoms. The van der Waals surface area contributed by atoms with Gasteiger partial charge in [-0.1, -0.05) is 0 Å². The lowest BCUT2D eigenvalue weighted by atomic mass is 10.1. The van der Waals surface area contributed by atoms with Crippen LogP contribution in [0.25, 0.3) is 11.3 Å². The van der Waals surface area contributed by atoms with Crippen LogP contribution in [0.4, 0.5) is 4.39 Å². The molecule has 98 valence electrons. The summed E-state index contributed by atoms with van der Waals surface area (Å²) < 4.78 is 18.4. The Bertz CT molecular complexity index is 644. The van der Waals surface area contributed by atoms with Gasteiger partial charge in [0.2, 0.25) is 0 Å². The Morgan fingerprint density at radius 3 is 2.58 bits per heavy atom. The summed E-state index contributed by atoms with van der Waals surface area (Å²) in [7, 11) is 1.38. The minimum atomic E-state index is -1.14. The fourth-order valence-corrected chi connectivity index (χ4v) is 1.66. The lowest BCUT2D eigenvalue weighted by Crippen LogP contribution is -2.05. The molecule has 0 saturated heterocycles. The van der Waals surface area contributed by atoms with Gasteiger partial charge in [-0.2, -0.15) is 0 Å². The van der Waals surface area contributed by atoms with Gasteiger partial charge in [-0.15, -0.1) is 10.2 Å². The average molecular weight is 262 g/mol. The number of carboxylic acids is 1. The molecule has 1 heterocycles. The first kappa shape index (κ1) is 12.9. The molecule has 1 aromatic heterocycles. The molecule has 6 heteroatoms. The van der Waals surface area contributed by atoms with E-state index in [4.69, 9.17) is 9.84 Å². The van der Waals surface area contributed by atoms with Gasteiger partial charge in [0.25, 0.3) is 0 Å². The molecule has 0 aliphatic carbocycles. The van der Waals surface area contributed by atoms with E-state index in [0.717, 1.165) is 0 Å². The third-order valence-electron chi connectivity index (χ3n) is 2.63. The molecule has 0 atom stereocenters. The van der Waals surface area contributed by atoms with Crippen molar-refractivity contribution in [3.05, 3.63) is 41.3 Å². The molecular weight excluding hydrogens is 251 g/mol. The van der Waals surface area contributed by atoms with Crippen LogP contribution in [-0.2, 0) is 0 Å². The standard InChI is InChI=1S/C13H11FN2O3/c1-7-5-10(15-16-12(7)13(17)18)8-3-4-11(19-2)9(14)6-8/h3-6H,1-2H3,(H,17,18). The number of hydrogen-bond donors (Lipinski definition) is 1. The number of nitrogens with zero attached hydrogens (tertiary/aromatic N) is 2. The van der Waals surface area contributed by atoms with Crippen LogP contribution >= 0.6 is 0 Å². The zero-order valence-corrected chi connectivity index (χ0v) is 10.3. The van der Waals surface area contributed by atoms with Gasteiger partial charge < -0.3 is 9.84 Å². The fraction of sp³-hybridized carbons (Fsp3) is 0.154. The SMILES string of the molecule is COc1ccc(-c2cc(C)c(C(=O)O)nn2)cc1F. The van der Waals surface area contributed by atoms with Crippen LogP contribution in [0.2, 0.25) is 0 Å². The van der Waals surface area contributed by atoms with Crippen molar-refractivity contribution < 1.29 is 19.0 Å². The quantitative estimate of drug-likeness (QED) is 0.918. The van der Waals surface area contributed by atoms with Crippen molar-refractivity contribution in [2.75, 3.05) is 7.11 Å². The third-order valence-corrected chi connectivity index (χ3v) is 2.63. The molecule has 1 N–H and O–H groups in total. The van der Waals surface area contributed by atoms with Crippen LogP contribution in [0, 0.1) is 12.7 Å². The van der Waals surface area contributed by atoms with Gasteiger partial charge in [0, 0.05) is 5.56 Å². The second-order valence-corrected chi connectivity index (χ2v) is 3.92. The molecule has 0 radical (unpaired) electrons. The van der Waals surface area contributed by atoms with Gasteiger partial charge in [0.1, 0.15) is 0 Å². The number of ether oxygens (including phenoxy) is 1. The van der Waals surface area contributed by atoms with Gasteiger partial charge in [0.15, 0.2) is 17.3 Å². The Hall–Kier alpha value is -2.50. The maximum Gasteiger partial charge on any atom is 0.356 e. The van der Waals surface area contributed by atoms with Gasteiger partial charge in [-0.05, 0) is 36.8 Å². The molecule has 0 aliphatic rings. The monoisotopic (exact) mass is 262 g/mol. The van der Waals surface area contributed by atoms with Gasteiger partial charge in [0.05, 0.1) is 12.8 Å². The highest BCUT2D eigenvalue weighted by atomic mass is 19.1. The van der Waals surface area contributed by atoms with Crippen LogP contribution in [-0.4, -0.2) is 28.4 Å². The van der Waals surface area contributed by atoms with E-state index < -0.39 is 11.8 Å². The second-order valence-electron chi connectivity index (χ2n) is 3.92. The van der Waals surface area contributed by atoms with Crippen molar-refractivity contribution >= 4 is 5.97 Å². The molecule has 0 bridgehead atoms. The molecule has 0 aliphatic heterocycles. The van der Waals surface area contributed by atoms with Crippen LogP contribution < -0.4 is 4.74 Å². The molecule has 2 rings (SSSR count). The molecule has 0 saturated carbocycles. The number of aryl methyl sites for hydroxylation is 1. The summed E-state index contributed by atoms with van der Waals surface area (Å²) in [6, 6.07) is 5.93. The van der Waals surface area contributed by atoms with Crippen molar-refractivity contribution in [3.8, 4) is 17.0 Å². The van der Waals surface area contributed by atoms with E-state index >= 15 is 0 Å². The Balaban J connectivity index is 2.45. The molecule has 0 unspecified atom stereocenters. The number of halogens is 1. The Morgan fingerprint density at radius 2 is 2.05 bits per heavy atom. The van der Waals surface area contributed by atoms with Crippen LogP contribution in [0.5, 0.6) is 5.75 Å². The molecule has 0 fully saturated rings. The number of carboxylic acid groups (broad SMARTS) is 1. The number of methoxy groups -OCH3 is 1. The smallest absolute Gasteiger partial charge is 0.356 e. The van der Waals surface area contributed by atoms with E-state index in [0.29, 0.717) is 16.8 Å². The van der Waals surface area contributed by atoms with E-state index in [2.05, 4.69) is 10.2 Å². The number of hydrogen-bond acceptors (Lipinski definition) is 4. The zero-order valence-electron chi connectivity index (χ0n) is 10.3. The normalized spacial score (nSPS) is 10.3. The first-order valence-corrected chi connectivity index (χ1v) is 5.44. The molecule has 0 spiro atoms. The molecule has 0 amide bonds. The average Bonchev–Trinajstić information content (AvgIpc) is 2.38. The Kier molecular flexibility index (Phi) is 3.41. The highest BCUT2D eigenvalue weighted by Gasteiger charge is 2.12. The minimum absolute atomic E-state index is 0.113. The molecular formula is C13H11FN2O3. The summed E-state index contributed by atoms with van der Waals surface area (Å²) in [5.74, 6) is -1.52. The van der Waals surface area contributed by atoms with E-state index in [-0.39, 0.29) is 11.4 Å². The number of carbonyl (C=O) groups is 1. The molecule has 5 nitrogen and oxygen atoms in total. The summed E-state index contributed by atoms with van der Waals surface area (Å²) in [6.45, 7) is 1.61. The van der Waals surface area contributed by atoms with Gasteiger partial charge in [-0.25, -0.2) is 9.18 Å². The van der Waals surface area contributed by atoms with E-state index in [9.17, 15) is 9.18 Å². The van der Waals surface area contributed by atoms with E-state index in [1.807, 2.05) is 0 Å². The lowest BCUT2D eigenvalue weighted by molar-refractivity contribution is 0.0688. The first-order valence-electron chi connectivity index (χ1n) is 5.44. The van der Waals surface area contributed by atoms with Crippen molar-refractivity contribution in [1.82, 2.24) is 10.2 Å². The first-order chi connectivity index (χ1) is 9.02. The predicted molar refractivity (Wildman–Crippen MR) is 65.7 cm³/mol. The van der Waals surface area contributed by atoms with Crippen molar-refractivity contribution in [3.63, 3.8) is 0 Å². The highest BCUT2D eigenvalue weighted by Crippen LogP contribution is 2.24. The van der Waals surface area contributed by atoms with Crippen LogP contribution in [0.3, 0.4) is 0 Å². The van der Waals surface area contributed by atoms with Gasteiger partial charge >= 0.3 is 5.97 Å². The summed E-state index contributed by atoms with van der Waals surface area (Å²) >= 11 is 0. The number of aromatic carboxylic acids is 1. The van der Waals surface area contributed by atoms with E-state index in [1.165, 1.54) is 19.2 Å². The summed E-state index contributed by atoms with van der Waals surface area (Å²) in [6.07, 6.45) is 0. The maximum atomic E-state index is 13.6. The number of benzene rings is 1. The topological polar surface area (TPSA) is 72.3 Å². The maximum absolute atomic E-state index is 13.6. The Labute approximate surface area is 108 Å².